The van der Waals surface area contributed by atoms with Crippen molar-refractivity contribution in [2.24, 2.45) is 10.7 Å². The van der Waals surface area contributed by atoms with Crippen molar-refractivity contribution in [2.75, 3.05) is 19.5 Å². The third-order valence-corrected chi connectivity index (χ3v) is 3.02. The van der Waals surface area contributed by atoms with Gasteiger partial charge in [0.25, 0.3) is 0 Å². The van der Waals surface area contributed by atoms with Gasteiger partial charge in [-0.15, -0.1) is 24.0 Å². The fourth-order valence-electron chi connectivity index (χ4n) is 1.80. The molecule has 0 atom stereocenters. The van der Waals surface area contributed by atoms with E-state index in [0.717, 1.165) is 5.56 Å². The quantitative estimate of drug-likeness (QED) is 0.320. The molecule has 0 saturated heterocycles. The molecule has 3 N–H and O–H groups in total. The van der Waals surface area contributed by atoms with Crippen molar-refractivity contribution in [1.82, 2.24) is 4.98 Å². The van der Waals surface area contributed by atoms with E-state index in [0.29, 0.717) is 23.7 Å². The minimum absolute atomic E-state index is 0. The summed E-state index contributed by atoms with van der Waals surface area (Å²) in [6.07, 6.45) is 1.60. The number of halogens is 1. The van der Waals surface area contributed by atoms with Gasteiger partial charge < -0.3 is 20.5 Å². The van der Waals surface area contributed by atoms with Gasteiger partial charge in [0.1, 0.15) is 0 Å². The van der Waals surface area contributed by atoms with Crippen molar-refractivity contribution in [3.8, 4) is 5.88 Å². The highest BCUT2D eigenvalue weighted by molar-refractivity contribution is 14.0. The van der Waals surface area contributed by atoms with Gasteiger partial charge in [-0.05, 0) is 23.8 Å². The average Bonchev–Trinajstić information content (AvgIpc) is 2.60. The zero-order valence-corrected chi connectivity index (χ0v) is 15.7. The minimum Gasteiger partial charge on any atom is -0.481 e. The van der Waals surface area contributed by atoms with Crippen LogP contribution in [0.15, 0.2) is 47.6 Å². The largest absolute Gasteiger partial charge is 0.481 e. The Morgan fingerprint density at radius 2 is 1.92 bits per heavy atom. The number of anilines is 1. The Kier molecular flexibility index (Phi) is 7.96. The Bertz CT molecular complexity index is 687. The first-order valence-corrected chi connectivity index (χ1v) is 6.86. The molecule has 0 amide bonds. The van der Waals surface area contributed by atoms with Crippen LogP contribution in [0.25, 0.3) is 0 Å². The van der Waals surface area contributed by atoms with Gasteiger partial charge in [-0.3, -0.25) is 0 Å². The van der Waals surface area contributed by atoms with E-state index in [1.807, 2.05) is 0 Å². The number of aromatic nitrogens is 1. The van der Waals surface area contributed by atoms with Gasteiger partial charge in [-0.2, -0.15) is 0 Å². The third-order valence-electron chi connectivity index (χ3n) is 3.02. The predicted octanol–water partition coefficient (Wildman–Crippen LogP) is 2.42. The Labute approximate surface area is 157 Å². The maximum absolute atomic E-state index is 11.3. The van der Waals surface area contributed by atoms with E-state index in [1.165, 1.54) is 7.11 Å². The van der Waals surface area contributed by atoms with Gasteiger partial charge in [0.15, 0.2) is 5.96 Å². The Morgan fingerprint density at radius 3 is 2.46 bits per heavy atom. The molecule has 7 nitrogen and oxygen atoms in total. The van der Waals surface area contributed by atoms with Crippen molar-refractivity contribution < 1.29 is 14.3 Å². The molecule has 0 bridgehead atoms. The Morgan fingerprint density at radius 1 is 1.21 bits per heavy atom. The van der Waals surface area contributed by atoms with Crippen LogP contribution in [0.4, 0.5) is 5.69 Å². The van der Waals surface area contributed by atoms with Crippen LogP contribution in [0.3, 0.4) is 0 Å². The molecule has 8 heteroatoms. The van der Waals surface area contributed by atoms with Crippen molar-refractivity contribution in [1.29, 1.82) is 0 Å². The van der Waals surface area contributed by atoms with E-state index in [4.69, 9.17) is 10.5 Å². The molecule has 2 aromatic rings. The number of carbonyl (C=O) groups is 1. The van der Waals surface area contributed by atoms with E-state index in [-0.39, 0.29) is 35.9 Å². The number of methoxy groups -OCH3 is 2. The number of guanidine groups is 1. The van der Waals surface area contributed by atoms with Gasteiger partial charge >= 0.3 is 5.97 Å². The molecule has 2 rings (SSSR count). The van der Waals surface area contributed by atoms with Crippen LogP contribution in [0, 0.1) is 0 Å². The van der Waals surface area contributed by atoms with Crippen LogP contribution in [0.1, 0.15) is 15.9 Å². The van der Waals surface area contributed by atoms with Crippen LogP contribution >= 0.6 is 24.0 Å². The summed E-state index contributed by atoms with van der Waals surface area (Å²) >= 11 is 0. The second-order valence-corrected chi connectivity index (χ2v) is 4.60. The highest BCUT2D eigenvalue weighted by atomic mass is 127. The Balaban J connectivity index is 0.00000288. The molecule has 128 valence electrons. The first kappa shape index (κ1) is 19.7. The van der Waals surface area contributed by atoms with E-state index >= 15 is 0 Å². The van der Waals surface area contributed by atoms with E-state index in [2.05, 4.69) is 20.0 Å². The number of hydrogen-bond acceptors (Lipinski definition) is 5. The summed E-state index contributed by atoms with van der Waals surface area (Å²) in [5, 5.41) is 2.94. The third kappa shape index (κ3) is 5.69. The summed E-state index contributed by atoms with van der Waals surface area (Å²) in [4.78, 5) is 19.6. The van der Waals surface area contributed by atoms with E-state index in [1.54, 1.807) is 49.7 Å². The highest BCUT2D eigenvalue weighted by Gasteiger charge is 2.04. The summed E-state index contributed by atoms with van der Waals surface area (Å²) in [5.74, 6) is 0.430. The SMILES string of the molecule is COC(=O)c1ccc(CN=C(N)Nc2ccc(OC)nc2)cc1.I. The maximum atomic E-state index is 11.3. The summed E-state index contributed by atoms with van der Waals surface area (Å²) in [5.41, 5.74) is 7.97. The van der Waals surface area contributed by atoms with Crippen molar-refractivity contribution in [3.63, 3.8) is 0 Å². The molecule has 1 aromatic heterocycles. The second-order valence-electron chi connectivity index (χ2n) is 4.60. The van der Waals surface area contributed by atoms with E-state index in [9.17, 15) is 4.79 Å². The molecule has 0 spiro atoms. The summed E-state index contributed by atoms with van der Waals surface area (Å²) in [6.45, 7) is 0.393. The summed E-state index contributed by atoms with van der Waals surface area (Å²) < 4.78 is 9.63. The number of carbonyl (C=O) groups excluding carboxylic acids is 1. The molecular weight excluding hydrogens is 423 g/mol. The average molecular weight is 442 g/mol. The normalized spacial score (nSPS) is 10.5. The lowest BCUT2D eigenvalue weighted by atomic mass is 10.1. The molecule has 1 heterocycles. The fraction of sp³-hybridized carbons (Fsp3) is 0.188. The maximum Gasteiger partial charge on any atom is 0.337 e. The van der Waals surface area contributed by atoms with Crippen LogP contribution < -0.4 is 15.8 Å². The number of hydrogen-bond donors (Lipinski definition) is 2. The molecule has 0 aliphatic heterocycles. The van der Waals surface area contributed by atoms with Gasteiger partial charge in [-0.25, -0.2) is 14.8 Å². The number of aliphatic imine (C=N–C) groups is 1. The van der Waals surface area contributed by atoms with Gasteiger partial charge in [0.05, 0.1) is 38.2 Å². The monoisotopic (exact) mass is 442 g/mol. The van der Waals surface area contributed by atoms with E-state index < -0.39 is 0 Å². The number of pyridine rings is 1. The predicted molar refractivity (Wildman–Crippen MR) is 103 cm³/mol. The first-order valence-electron chi connectivity index (χ1n) is 6.86. The molecule has 24 heavy (non-hydrogen) atoms. The second kappa shape index (κ2) is 9.71. The molecule has 1 aromatic carbocycles. The molecule has 0 aliphatic rings. The van der Waals surface area contributed by atoms with Crippen LogP contribution in [-0.4, -0.2) is 31.1 Å². The molecule has 0 saturated carbocycles. The van der Waals surface area contributed by atoms with Crippen molar-refractivity contribution in [2.45, 2.75) is 6.54 Å². The molecule has 0 fully saturated rings. The van der Waals surface area contributed by atoms with Gasteiger partial charge in [-0.1, -0.05) is 12.1 Å². The van der Waals surface area contributed by atoms with Crippen molar-refractivity contribution in [3.05, 3.63) is 53.7 Å². The lowest BCUT2D eigenvalue weighted by Crippen LogP contribution is -2.22. The van der Waals surface area contributed by atoms with Gasteiger partial charge in [0, 0.05) is 6.07 Å². The zero-order valence-electron chi connectivity index (χ0n) is 13.4. The molecule has 0 aliphatic carbocycles. The standard InChI is InChI=1S/C16H18N4O3.HI/c1-22-14-8-7-13(10-18-14)20-16(17)19-9-11-3-5-12(6-4-11)15(21)23-2;/h3-8,10H,9H2,1-2H3,(H3,17,19,20);1H. The fourth-order valence-corrected chi connectivity index (χ4v) is 1.80. The number of nitrogens with zero attached hydrogens (tertiary/aromatic N) is 2. The topological polar surface area (TPSA) is 98.8 Å². The molecule has 0 unspecified atom stereocenters. The Hall–Kier alpha value is -2.36. The minimum atomic E-state index is -0.367. The first-order chi connectivity index (χ1) is 11.1. The number of benzene rings is 1. The molecular formula is C16H19IN4O3. The van der Waals surface area contributed by atoms with Crippen LogP contribution in [-0.2, 0) is 11.3 Å². The number of rotatable bonds is 5. The smallest absolute Gasteiger partial charge is 0.337 e. The van der Waals surface area contributed by atoms with Crippen LogP contribution in [0.5, 0.6) is 5.88 Å². The number of nitrogens with one attached hydrogen (secondary N) is 1. The highest BCUT2D eigenvalue weighted by Crippen LogP contribution is 2.11. The summed E-state index contributed by atoms with van der Waals surface area (Å²) in [7, 11) is 2.90. The van der Waals surface area contributed by atoms with Crippen LogP contribution in [0.2, 0.25) is 0 Å². The number of esters is 1. The molecule has 0 radical (unpaired) electrons. The lowest BCUT2D eigenvalue weighted by molar-refractivity contribution is 0.0600. The van der Waals surface area contributed by atoms with Gasteiger partial charge in [0.2, 0.25) is 5.88 Å². The zero-order chi connectivity index (χ0) is 16.7. The number of ether oxygens (including phenoxy) is 2. The lowest BCUT2D eigenvalue weighted by Gasteiger charge is -2.06. The number of nitrogens with two attached hydrogens (primary N) is 1. The van der Waals surface area contributed by atoms with Crippen molar-refractivity contribution >= 4 is 41.6 Å². The summed E-state index contributed by atoms with van der Waals surface area (Å²) in [6, 6.07) is 10.5.